The number of hydrogen-bond acceptors (Lipinski definition) is 3. The van der Waals surface area contributed by atoms with E-state index in [-0.39, 0.29) is 6.04 Å². The molecule has 0 spiro atoms. The summed E-state index contributed by atoms with van der Waals surface area (Å²) in [6.07, 6.45) is 0. The van der Waals surface area contributed by atoms with E-state index in [2.05, 4.69) is 66.9 Å². The fourth-order valence-electron chi connectivity index (χ4n) is 2.34. The van der Waals surface area contributed by atoms with Crippen molar-refractivity contribution in [3.63, 3.8) is 0 Å². The van der Waals surface area contributed by atoms with Crippen LogP contribution in [0.3, 0.4) is 0 Å². The lowest BCUT2D eigenvalue weighted by atomic mass is 10.0. The van der Waals surface area contributed by atoms with Crippen LogP contribution < -0.4 is 11.3 Å². The standard InChI is InChI=1S/C16H16N2S/c1-11-6-9-15(19-11)16(18-17)14-8-7-12-4-2-3-5-13(12)10-14/h2-10,16,18H,17H2,1H3. The molecule has 0 saturated carbocycles. The largest absolute Gasteiger partial charge is 0.271 e. The Morgan fingerprint density at radius 2 is 1.79 bits per heavy atom. The molecule has 19 heavy (non-hydrogen) atoms. The van der Waals surface area contributed by atoms with Gasteiger partial charge in [-0.15, -0.1) is 11.3 Å². The molecule has 1 aromatic heterocycles. The van der Waals surface area contributed by atoms with Gasteiger partial charge in [-0.25, -0.2) is 5.43 Å². The van der Waals surface area contributed by atoms with Gasteiger partial charge in [0.2, 0.25) is 0 Å². The Morgan fingerprint density at radius 1 is 1.00 bits per heavy atom. The van der Waals surface area contributed by atoms with Gasteiger partial charge in [-0.3, -0.25) is 5.84 Å². The van der Waals surface area contributed by atoms with Crippen LogP contribution in [0, 0.1) is 6.92 Å². The molecule has 0 fully saturated rings. The van der Waals surface area contributed by atoms with Gasteiger partial charge in [0.05, 0.1) is 6.04 Å². The molecule has 3 N–H and O–H groups in total. The van der Waals surface area contributed by atoms with E-state index in [0.717, 1.165) is 0 Å². The Kier molecular flexibility index (Phi) is 3.34. The average Bonchev–Trinajstić information content (AvgIpc) is 2.86. The Bertz CT molecular complexity index is 703. The highest BCUT2D eigenvalue weighted by molar-refractivity contribution is 7.12. The first kappa shape index (κ1) is 12.4. The van der Waals surface area contributed by atoms with E-state index < -0.39 is 0 Å². The number of rotatable bonds is 3. The molecule has 96 valence electrons. The van der Waals surface area contributed by atoms with Gasteiger partial charge in [-0.2, -0.15) is 0 Å². The summed E-state index contributed by atoms with van der Waals surface area (Å²) < 4.78 is 0. The van der Waals surface area contributed by atoms with Crippen LogP contribution in [0.2, 0.25) is 0 Å². The molecule has 2 nitrogen and oxygen atoms in total. The number of nitrogens with one attached hydrogen (secondary N) is 1. The zero-order valence-electron chi connectivity index (χ0n) is 10.8. The topological polar surface area (TPSA) is 38.0 Å². The lowest BCUT2D eigenvalue weighted by Gasteiger charge is -2.15. The van der Waals surface area contributed by atoms with Crippen molar-refractivity contribution >= 4 is 22.1 Å². The van der Waals surface area contributed by atoms with Crippen molar-refractivity contribution in [3.05, 3.63) is 69.9 Å². The Labute approximate surface area is 116 Å². The van der Waals surface area contributed by atoms with Crippen molar-refractivity contribution in [1.82, 2.24) is 5.43 Å². The second-order valence-electron chi connectivity index (χ2n) is 4.65. The van der Waals surface area contributed by atoms with Crippen molar-refractivity contribution < 1.29 is 0 Å². The van der Waals surface area contributed by atoms with E-state index in [0.29, 0.717) is 0 Å². The second-order valence-corrected chi connectivity index (χ2v) is 5.97. The van der Waals surface area contributed by atoms with E-state index in [1.54, 1.807) is 11.3 Å². The first-order valence-electron chi connectivity index (χ1n) is 6.29. The predicted octanol–water partition coefficient (Wildman–Crippen LogP) is 3.76. The summed E-state index contributed by atoms with van der Waals surface area (Å²) in [5.41, 5.74) is 4.12. The Hall–Kier alpha value is -1.68. The van der Waals surface area contributed by atoms with Crippen molar-refractivity contribution in [2.75, 3.05) is 0 Å². The molecule has 0 amide bonds. The average molecular weight is 268 g/mol. The smallest absolute Gasteiger partial charge is 0.0802 e. The van der Waals surface area contributed by atoms with Crippen LogP contribution in [0.1, 0.15) is 21.4 Å². The third-order valence-electron chi connectivity index (χ3n) is 3.32. The molecular formula is C16H16N2S. The summed E-state index contributed by atoms with van der Waals surface area (Å²) in [5, 5.41) is 2.50. The first-order chi connectivity index (χ1) is 9.28. The van der Waals surface area contributed by atoms with Gasteiger partial charge in [0.1, 0.15) is 0 Å². The molecule has 1 unspecified atom stereocenters. The molecule has 3 aromatic rings. The van der Waals surface area contributed by atoms with Crippen molar-refractivity contribution in [2.45, 2.75) is 13.0 Å². The van der Waals surface area contributed by atoms with Crippen molar-refractivity contribution in [3.8, 4) is 0 Å². The van der Waals surface area contributed by atoms with Crippen LogP contribution in [0.4, 0.5) is 0 Å². The molecule has 3 rings (SSSR count). The number of fused-ring (bicyclic) bond motifs is 1. The van der Waals surface area contributed by atoms with Crippen LogP contribution in [-0.2, 0) is 0 Å². The summed E-state index contributed by atoms with van der Waals surface area (Å²) in [5.74, 6) is 5.75. The van der Waals surface area contributed by atoms with Crippen molar-refractivity contribution in [2.24, 2.45) is 5.84 Å². The maximum absolute atomic E-state index is 5.75. The SMILES string of the molecule is Cc1ccc(C(NN)c2ccc3ccccc3c2)s1. The fourth-order valence-corrected chi connectivity index (χ4v) is 3.30. The van der Waals surface area contributed by atoms with Gasteiger partial charge in [0.15, 0.2) is 0 Å². The minimum Gasteiger partial charge on any atom is -0.271 e. The quantitative estimate of drug-likeness (QED) is 0.560. The lowest BCUT2D eigenvalue weighted by molar-refractivity contribution is 0.647. The van der Waals surface area contributed by atoms with Gasteiger partial charge in [-0.1, -0.05) is 36.4 Å². The lowest BCUT2D eigenvalue weighted by Crippen LogP contribution is -2.28. The summed E-state index contributed by atoms with van der Waals surface area (Å²) in [6, 6.07) is 19.2. The van der Waals surface area contributed by atoms with E-state index in [1.807, 2.05) is 0 Å². The number of thiophene rings is 1. The van der Waals surface area contributed by atoms with Crippen LogP contribution >= 0.6 is 11.3 Å². The van der Waals surface area contributed by atoms with Gasteiger partial charge in [0.25, 0.3) is 0 Å². The molecule has 0 radical (unpaired) electrons. The molecule has 1 heterocycles. The van der Waals surface area contributed by atoms with E-state index in [1.165, 1.54) is 26.1 Å². The third kappa shape index (κ3) is 2.40. The van der Waals surface area contributed by atoms with E-state index in [9.17, 15) is 0 Å². The monoisotopic (exact) mass is 268 g/mol. The number of benzene rings is 2. The van der Waals surface area contributed by atoms with Crippen LogP contribution in [-0.4, -0.2) is 0 Å². The molecule has 0 aliphatic rings. The molecule has 3 heteroatoms. The van der Waals surface area contributed by atoms with Crippen LogP contribution in [0.25, 0.3) is 10.8 Å². The Morgan fingerprint density at radius 3 is 2.47 bits per heavy atom. The molecule has 0 aliphatic heterocycles. The van der Waals surface area contributed by atoms with E-state index in [4.69, 9.17) is 5.84 Å². The molecule has 0 aliphatic carbocycles. The van der Waals surface area contributed by atoms with Crippen LogP contribution in [0.15, 0.2) is 54.6 Å². The molecule has 0 saturated heterocycles. The first-order valence-corrected chi connectivity index (χ1v) is 7.11. The zero-order chi connectivity index (χ0) is 13.2. The highest BCUT2D eigenvalue weighted by atomic mass is 32.1. The number of aryl methyl sites for hydroxylation is 1. The van der Waals surface area contributed by atoms with Gasteiger partial charge >= 0.3 is 0 Å². The maximum Gasteiger partial charge on any atom is 0.0802 e. The summed E-state index contributed by atoms with van der Waals surface area (Å²) in [4.78, 5) is 2.55. The summed E-state index contributed by atoms with van der Waals surface area (Å²) in [6.45, 7) is 2.11. The summed E-state index contributed by atoms with van der Waals surface area (Å²) >= 11 is 1.78. The van der Waals surface area contributed by atoms with Gasteiger partial charge in [0, 0.05) is 9.75 Å². The van der Waals surface area contributed by atoms with Crippen molar-refractivity contribution in [1.29, 1.82) is 0 Å². The number of nitrogens with two attached hydrogens (primary N) is 1. The molecule has 1 atom stereocenters. The fraction of sp³-hybridized carbons (Fsp3) is 0.125. The summed E-state index contributed by atoms with van der Waals surface area (Å²) in [7, 11) is 0. The minimum absolute atomic E-state index is 0.0586. The normalized spacial score (nSPS) is 12.7. The minimum atomic E-state index is 0.0586. The second kappa shape index (κ2) is 5.13. The highest BCUT2D eigenvalue weighted by Gasteiger charge is 2.14. The third-order valence-corrected chi connectivity index (χ3v) is 4.38. The number of hydrazine groups is 1. The predicted molar refractivity (Wildman–Crippen MR) is 82.2 cm³/mol. The molecule has 0 bridgehead atoms. The van der Waals surface area contributed by atoms with E-state index >= 15 is 0 Å². The maximum atomic E-state index is 5.75. The number of hydrogen-bond donors (Lipinski definition) is 2. The zero-order valence-corrected chi connectivity index (χ0v) is 11.6. The molecule has 2 aromatic carbocycles. The Balaban J connectivity index is 2.06. The van der Waals surface area contributed by atoms with Gasteiger partial charge in [-0.05, 0) is 41.5 Å². The van der Waals surface area contributed by atoms with Gasteiger partial charge < -0.3 is 0 Å². The van der Waals surface area contributed by atoms with Crippen LogP contribution in [0.5, 0.6) is 0 Å². The highest BCUT2D eigenvalue weighted by Crippen LogP contribution is 2.29. The molecular weight excluding hydrogens is 252 g/mol.